The maximum Gasteiger partial charge on any atom is 0.225 e. The molecule has 0 aliphatic carbocycles. The van der Waals surface area contributed by atoms with Gasteiger partial charge in [-0.3, -0.25) is 0 Å². The van der Waals surface area contributed by atoms with Gasteiger partial charge < -0.3 is 5.32 Å². The first-order valence-electron chi connectivity index (χ1n) is 10.7. The van der Waals surface area contributed by atoms with Gasteiger partial charge in [0.25, 0.3) is 0 Å². The molecule has 0 amide bonds. The van der Waals surface area contributed by atoms with E-state index in [1.165, 1.54) is 36.8 Å². The van der Waals surface area contributed by atoms with Gasteiger partial charge in [-0.2, -0.15) is 0 Å². The van der Waals surface area contributed by atoms with Gasteiger partial charge in [-0.15, -0.1) is 0 Å². The molecule has 1 atom stereocenters. The van der Waals surface area contributed by atoms with Crippen molar-refractivity contribution in [2.45, 2.75) is 64.6 Å². The van der Waals surface area contributed by atoms with E-state index in [1.54, 1.807) is 12.3 Å². The van der Waals surface area contributed by atoms with Crippen LogP contribution < -0.4 is 5.32 Å². The average Bonchev–Trinajstić information content (AvgIpc) is 2.73. The van der Waals surface area contributed by atoms with Crippen molar-refractivity contribution in [1.29, 1.82) is 0 Å². The summed E-state index contributed by atoms with van der Waals surface area (Å²) < 4.78 is 15.3. The highest BCUT2D eigenvalue weighted by Crippen LogP contribution is 2.31. The first-order chi connectivity index (χ1) is 13.6. The Bertz CT molecular complexity index is 801. The molecule has 2 aromatic rings. The Morgan fingerprint density at radius 1 is 0.786 bits per heavy atom. The zero-order valence-corrected chi connectivity index (χ0v) is 17.2. The summed E-state index contributed by atoms with van der Waals surface area (Å²) >= 11 is 0. The van der Waals surface area contributed by atoms with Crippen LogP contribution in [-0.2, 0) is 18.6 Å². The van der Waals surface area contributed by atoms with Crippen LogP contribution >= 0.6 is 0 Å². The lowest BCUT2D eigenvalue weighted by molar-refractivity contribution is 0.200. The average molecular weight is 378 g/mol. The number of dihydropyridines is 1. The molecular weight excluding hydrogens is 345 g/mol. The maximum absolute atomic E-state index is 15.3. The predicted octanol–water partition coefficient (Wildman–Crippen LogP) is 7.08. The molecule has 0 fully saturated rings. The molecule has 2 aromatic carbocycles. The topological polar surface area (TPSA) is 12.0 Å². The fourth-order valence-electron chi connectivity index (χ4n) is 3.67. The van der Waals surface area contributed by atoms with Crippen LogP contribution in [0.25, 0.3) is 5.57 Å². The summed E-state index contributed by atoms with van der Waals surface area (Å²) in [6, 6.07) is 16.5. The van der Waals surface area contributed by atoms with Gasteiger partial charge in [0.2, 0.25) is 5.79 Å². The van der Waals surface area contributed by atoms with Crippen molar-refractivity contribution in [2.24, 2.45) is 0 Å². The number of rotatable bonds is 9. The first kappa shape index (κ1) is 20.4. The van der Waals surface area contributed by atoms with Crippen LogP contribution in [0.15, 0.2) is 66.9 Å². The fourth-order valence-corrected chi connectivity index (χ4v) is 3.67. The van der Waals surface area contributed by atoms with Crippen LogP contribution in [0, 0.1) is 0 Å². The predicted molar refractivity (Wildman–Crippen MR) is 118 cm³/mol. The van der Waals surface area contributed by atoms with Gasteiger partial charge >= 0.3 is 0 Å². The molecule has 1 nitrogen and oxygen atoms in total. The number of nitrogens with one attached hydrogen (secondary N) is 1. The van der Waals surface area contributed by atoms with E-state index in [9.17, 15) is 0 Å². The molecule has 0 saturated heterocycles. The van der Waals surface area contributed by atoms with Crippen molar-refractivity contribution >= 4 is 5.57 Å². The van der Waals surface area contributed by atoms with Crippen molar-refractivity contribution in [3.05, 3.63) is 89.1 Å². The van der Waals surface area contributed by atoms with E-state index in [1.807, 2.05) is 30.3 Å². The van der Waals surface area contributed by atoms with Crippen LogP contribution in [0.4, 0.5) is 4.39 Å². The van der Waals surface area contributed by atoms with Gasteiger partial charge in [0.1, 0.15) is 0 Å². The minimum atomic E-state index is -1.65. The number of alkyl halides is 1. The third-order valence-electron chi connectivity index (χ3n) is 5.45. The Morgan fingerprint density at radius 3 is 2.07 bits per heavy atom. The number of benzene rings is 2. The van der Waals surface area contributed by atoms with E-state index < -0.39 is 5.79 Å². The number of allylic oxidation sites excluding steroid dienone is 2. The third kappa shape index (κ3) is 5.13. The van der Waals surface area contributed by atoms with Crippen LogP contribution in [-0.4, -0.2) is 0 Å². The van der Waals surface area contributed by atoms with E-state index in [4.69, 9.17) is 0 Å². The summed E-state index contributed by atoms with van der Waals surface area (Å²) in [6.07, 6.45) is 13.7. The molecule has 0 bridgehead atoms. The highest BCUT2D eigenvalue weighted by Gasteiger charge is 2.29. The summed E-state index contributed by atoms with van der Waals surface area (Å²) in [5.74, 6) is -1.65. The summed E-state index contributed by atoms with van der Waals surface area (Å²) in [5, 5.41) is 2.96. The molecule has 2 heteroatoms. The number of hydrogen-bond acceptors (Lipinski definition) is 1. The number of aryl methyl sites for hydroxylation is 2. The highest BCUT2D eigenvalue weighted by molar-refractivity contribution is 5.75. The second kappa shape index (κ2) is 9.73. The smallest absolute Gasteiger partial charge is 0.225 e. The van der Waals surface area contributed by atoms with E-state index in [2.05, 4.69) is 43.4 Å². The summed E-state index contributed by atoms with van der Waals surface area (Å²) in [5.41, 5.74) is 5.39. The Balaban J connectivity index is 1.62. The number of unbranched alkanes of at least 4 members (excludes halogenated alkanes) is 3. The highest BCUT2D eigenvalue weighted by atomic mass is 19.1. The van der Waals surface area contributed by atoms with Crippen molar-refractivity contribution in [3.63, 3.8) is 0 Å². The van der Waals surface area contributed by atoms with Crippen LogP contribution in [0.3, 0.4) is 0 Å². The lowest BCUT2D eigenvalue weighted by Gasteiger charge is -2.27. The third-order valence-corrected chi connectivity index (χ3v) is 5.45. The Labute approximate surface area is 169 Å². The van der Waals surface area contributed by atoms with E-state index in [0.29, 0.717) is 5.56 Å². The molecular formula is C26H32FN. The zero-order chi connectivity index (χ0) is 19.8. The molecule has 0 radical (unpaired) electrons. The monoisotopic (exact) mass is 377 g/mol. The van der Waals surface area contributed by atoms with Crippen molar-refractivity contribution in [2.75, 3.05) is 0 Å². The molecule has 1 aliphatic heterocycles. The van der Waals surface area contributed by atoms with E-state index in [0.717, 1.165) is 30.4 Å². The Morgan fingerprint density at radius 2 is 1.46 bits per heavy atom. The van der Waals surface area contributed by atoms with Gasteiger partial charge in [-0.1, -0.05) is 94.1 Å². The van der Waals surface area contributed by atoms with Crippen LogP contribution in [0.5, 0.6) is 0 Å². The molecule has 1 unspecified atom stereocenters. The quantitative estimate of drug-likeness (QED) is 0.363. The van der Waals surface area contributed by atoms with Crippen LogP contribution in [0.2, 0.25) is 0 Å². The zero-order valence-electron chi connectivity index (χ0n) is 17.2. The SMILES string of the molecule is CCCCCCc1ccc(C2=CNC(F)(c3ccc(CCC)cc3)C=C2)cc1. The molecule has 1 N–H and O–H groups in total. The first-order valence-corrected chi connectivity index (χ1v) is 10.7. The Hall–Kier alpha value is -2.35. The fraction of sp³-hybridized carbons (Fsp3) is 0.385. The normalized spacial score (nSPS) is 18.6. The molecule has 1 heterocycles. The van der Waals surface area contributed by atoms with Gasteiger partial charge in [0, 0.05) is 11.8 Å². The minimum Gasteiger partial charge on any atom is -0.352 e. The molecule has 0 aromatic heterocycles. The summed E-state index contributed by atoms with van der Waals surface area (Å²) in [6.45, 7) is 4.39. The maximum atomic E-state index is 15.3. The molecule has 28 heavy (non-hydrogen) atoms. The van der Waals surface area contributed by atoms with Crippen molar-refractivity contribution in [3.8, 4) is 0 Å². The lowest BCUT2D eigenvalue weighted by atomic mass is 9.95. The van der Waals surface area contributed by atoms with Gasteiger partial charge in [0.05, 0.1) is 0 Å². The molecule has 1 aliphatic rings. The number of halogens is 1. The minimum absolute atomic E-state index is 0.640. The van der Waals surface area contributed by atoms with Gasteiger partial charge in [0.15, 0.2) is 0 Å². The van der Waals surface area contributed by atoms with Gasteiger partial charge in [-0.05, 0) is 47.6 Å². The number of hydrogen-bond donors (Lipinski definition) is 1. The molecule has 0 saturated carbocycles. The lowest BCUT2D eigenvalue weighted by Crippen LogP contribution is -2.34. The molecule has 3 rings (SSSR count). The second-order valence-corrected chi connectivity index (χ2v) is 7.74. The summed E-state index contributed by atoms with van der Waals surface area (Å²) in [7, 11) is 0. The van der Waals surface area contributed by atoms with Crippen molar-refractivity contribution in [1.82, 2.24) is 5.32 Å². The second-order valence-electron chi connectivity index (χ2n) is 7.74. The molecule has 0 spiro atoms. The largest absolute Gasteiger partial charge is 0.352 e. The van der Waals surface area contributed by atoms with Gasteiger partial charge in [-0.25, -0.2) is 4.39 Å². The van der Waals surface area contributed by atoms with E-state index >= 15 is 4.39 Å². The van der Waals surface area contributed by atoms with E-state index in [-0.39, 0.29) is 0 Å². The van der Waals surface area contributed by atoms with Crippen LogP contribution in [0.1, 0.15) is 68.2 Å². The standard InChI is InChI=1S/C26H32FN/c1-3-5-6-7-9-22-10-14-23(15-11-22)24-18-19-26(27,28-20-24)25-16-12-21(8-4-2)13-17-25/h10-20,28H,3-9H2,1-2H3. The Kier molecular flexibility index (Phi) is 7.08. The van der Waals surface area contributed by atoms with Crippen molar-refractivity contribution < 1.29 is 4.39 Å². The summed E-state index contributed by atoms with van der Waals surface area (Å²) in [4.78, 5) is 0. The molecule has 148 valence electrons.